The van der Waals surface area contributed by atoms with E-state index in [2.05, 4.69) is 10.2 Å². The second-order valence-corrected chi connectivity index (χ2v) is 5.53. The van der Waals surface area contributed by atoms with Gasteiger partial charge < -0.3 is 10.1 Å². The topological polar surface area (TPSA) is 24.5 Å². The Balaban J connectivity index is 1.93. The van der Waals surface area contributed by atoms with E-state index in [-0.39, 0.29) is 0 Å². The van der Waals surface area contributed by atoms with Crippen LogP contribution in [-0.4, -0.2) is 44.3 Å². The summed E-state index contributed by atoms with van der Waals surface area (Å²) in [6.45, 7) is 3.77. The number of benzene rings is 1. The fraction of sp³-hybridized carbons (Fsp3) is 0.625. The van der Waals surface area contributed by atoms with Crippen molar-refractivity contribution in [3.8, 4) is 0 Å². The van der Waals surface area contributed by atoms with Crippen molar-refractivity contribution in [2.75, 3.05) is 33.4 Å². The number of hydrogen-bond acceptors (Lipinski definition) is 3. The molecular weight excluding hydrogens is 274 g/mol. The SMILES string of the molecule is COCCNCC1CCCCN1Cc1cccc(F)c1F. The maximum atomic E-state index is 13.8. The molecule has 0 amide bonds. The molecule has 1 N–H and O–H groups in total. The smallest absolute Gasteiger partial charge is 0.163 e. The van der Waals surface area contributed by atoms with E-state index in [1.165, 1.54) is 12.5 Å². The highest BCUT2D eigenvalue weighted by Gasteiger charge is 2.23. The molecule has 5 heteroatoms. The first-order chi connectivity index (χ1) is 10.2. The van der Waals surface area contributed by atoms with Crippen LogP contribution in [0.4, 0.5) is 8.78 Å². The van der Waals surface area contributed by atoms with Gasteiger partial charge in [0, 0.05) is 38.3 Å². The fourth-order valence-electron chi connectivity index (χ4n) is 2.83. The average Bonchev–Trinajstić information content (AvgIpc) is 2.50. The minimum Gasteiger partial charge on any atom is -0.383 e. The summed E-state index contributed by atoms with van der Waals surface area (Å²) < 4.78 is 32.1. The highest BCUT2D eigenvalue weighted by molar-refractivity contribution is 5.19. The van der Waals surface area contributed by atoms with Gasteiger partial charge in [-0.3, -0.25) is 4.90 Å². The Morgan fingerprint density at radius 3 is 3.00 bits per heavy atom. The molecule has 118 valence electrons. The molecule has 1 atom stereocenters. The van der Waals surface area contributed by atoms with E-state index in [4.69, 9.17) is 4.74 Å². The van der Waals surface area contributed by atoms with Crippen LogP contribution >= 0.6 is 0 Å². The highest BCUT2D eigenvalue weighted by Crippen LogP contribution is 2.21. The van der Waals surface area contributed by atoms with E-state index >= 15 is 0 Å². The number of ether oxygens (including phenoxy) is 1. The van der Waals surface area contributed by atoms with Gasteiger partial charge in [0.2, 0.25) is 0 Å². The molecule has 1 fully saturated rings. The molecule has 0 saturated carbocycles. The first-order valence-electron chi connectivity index (χ1n) is 7.59. The van der Waals surface area contributed by atoms with Crippen LogP contribution in [0.1, 0.15) is 24.8 Å². The lowest BCUT2D eigenvalue weighted by molar-refractivity contribution is 0.131. The van der Waals surface area contributed by atoms with Crippen LogP contribution in [0.3, 0.4) is 0 Å². The van der Waals surface area contributed by atoms with Crippen LogP contribution in [0.15, 0.2) is 18.2 Å². The van der Waals surface area contributed by atoms with E-state index < -0.39 is 11.6 Å². The maximum Gasteiger partial charge on any atom is 0.163 e. The third-order valence-corrected chi connectivity index (χ3v) is 4.02. The van der Waals surface area contributed by atoms with Crippen LogP contribution in [-0.2, 0) is 11.3 Å². The number of piperidine rings is 1. The zero-order valence-electron chi connectivity index (χ0n) is 12.6. The van der Waals surface area contributed by atoms with E-state index in [1.807, 2.05) is 0 Å². The second kappa shape index (κ2) is 8.41. The molecule has 1 aliphatic heterocycles. The number of likely N-dealkylation sites (tertiary alicyclic amines) is 1. The van der Waals surface area contributed by atoms with Gasteiger partial charge in [0.1, 0.15) is 0 Å². The monoisotopic (exact) mass is 298 g/mol. The largest absolute Gasteiger partial charge is 0.383 e. The summed E-state index contributed by atoms with van der Waals surface area (Å²) in [5.41, 5.74) is 0.443. The van der Waals surface area contributed by atoms with Crippen LogP contribution in [0.25, 0.3) is 0 Å². The van der Waals surface area contributed by atoms with Gasteiger partial charge in [0.05, 0.1) is 6.61 Å². The quantitative estimate of drug-likeness (QED) is 0.783. The molecular formula is C16H24F2N2O. The summed E-state index contributed by atoms with van der Waals surface area (Å²) in [5, 5.41) is 3.36. The molecule has 21 heavy (non-hydrogen) atoms. The lowest BCUT2D eigenvalue weighted by Crippen LogP contribution is -2.45. The van der Waals surface area contributed by atoms with E-state index in [0.29, 0.717) is 24.8 Å². The predicted octanol–water partition coefficient (Wildman–Crippen LogP) is 2.56. The van der Waals surface area contributed by atoms with E-state index in [9.17, 15) is 8.78 Å². The average molecular weight is 298 g/mol. The van der Waals surface area contributed by atoms with Gasteiger partial charge >= 0.3 is 0 Å². The Hall–Kier alpha value is -1.04. The number of nitrogens with zero attached hydrogens (tertiary/aromatic N) is 1. The molecule has 0 aliphatic carbocycles. The van der Waals surface area contributed by atoms with E-state index in [0.717, 1.165) is 32.5 Å². The Morgan fingerprint density at radius 2 is 2.19 bits per heavy atom. The summed E-state index contributed by atoms with van der Waals surface area (Å²) in [7, 11) is 1.68. The van der Waals surface area contributed by atoms with Crippen LogP contribution < -0.4 is 5.32 Å². The molecule has 0 radical (unpaired) electrons. The number of hydrogen-bond donors (Lipinski definition) is 1. The van der Waals surface area contributed by atoms with Crippen molar-refractivity contribution in [3.63, 3.8) is 0 Å². The van der Waals surface area contributed by atoms with Crippen molar-refractivity contribution in [1.82, 2.24) is 10.2 Å². The molecule has 1 unspecified atom stereocenters. The normalized spacial score (nSPS) is 19.9. The lowest BCUT2D eigenvalue weighted by atomic mass is 10.0. The van der Waals surface area contributed by atoms with Gasteiger partial charge in [-0.25, -0.2) is 8.78 Å². The Morgan fingerprint density at radius 1 is 1.33 bits per heavy atom. The molecule has 1 aromatic carbocycles. The fourth-order valence-corrected chi connectivity index (χ4v) is 2.83. The highest BCUT2D eigenvalue weighted by atomic mass is 19.2. The minimum absolute atomic E-state index is 0.373. The van der Waals surface area contributed by atoms with Crippen molar-refractivity contribution in [2.24, 2.45) is 0 Å². The van der Waals surface area contributed by atoms with Crippen LogP contribution in [0.2, 0.25) is 0 Å². The predicted molar refractivity (Wildman–Crippen MR) is 79.2 cm³/mol. The van der Waals surface area contributed by atoms with Crippen molar-refractivity contribution in [1.29, 1.82) is 0 Å². The van der Waals surface area contributed by atoms with Gasteiger partial charge in [0.15, 0.2) is 11.6 Å². The number of rotatable bonds is 7. The van der Waals surface area contributed by atoms with Crippen LogP contribution in [0, 0.1) is 11.6 Å². The van der Waals surface area contributed by atoms with Gasteiger partial charge in [-0.2, -0.15) is 0 Å². The van der Waals surface area contributed by atoms with Crippen molar-refractivity contribution >= 4 is 0 Å². The summed E-state index contributed by atoms with van der Waals surface area (Å²) in [6, 6.07) is 4.78. The van der Waals surface area contributed by atoms with Crippen molar-refractivity contribution in [2.45, 2.75) is 31.8 Å². The summed E-state index contributed by atoms with van der Waals surface area (Å²) in [6.07, 6.45) is 3.40. The van der Waals surface area contributed by atoms with Gasteiger partial charge in [-0.15, -0.1) is 0 Å². The zero-order chi connectivity index (χ0) is 15.1. The Labute approximate surface area is 125 Å². The minimum atomic E-state index is -0.765. The second-order valence-electron chi connectivity index (χ2n) is 5.53. The van der Waals surface area contributed by atoms with Crippen LogP contribution in [0.5, 0.6) is 0 Å². The zero-order valence-corrected chi connectivity index (χ0v) is 12.6. The summed E-state index contributed by atoms with van der Waals surface area (Å²) in [4.78, 5) is 2.25. The van der Waals surface area contributed by atoms with Gasteiger partial charge in [-0.05, 0) is 25.5 Å². The first kappa shape index (κ1) is 16.3. The molecule has 0 aromatic heterocycles. The Bertz CT molecular complexity index is 442. The van der Waals surface area contributed by atoms with Crippen molar-refractivity contribution < 1.29 is 13.5 Å². The molecule has 1 saturated heterocycles. The molecule has 3 nitrogen and oxygen atoms in total. The van der Waals surface area contributed by atoms with E-state index in [1.54, 1.807) is 19.2 Å². The molecule has 1 heterocycles. The maximum absolute atomic E-state index is 13.8. The van der Waals surface area contributed by atoms with Crippen molar-refractivity contribution in [3.05, 3.63) is 35.4 Å². The third kappa shape index (κ3) is 4.73. The summed E-state index contributed by atoms with van der Waals surface area (Å²) in [5.74, 6) is -1.48. The van der Waals surface area contributed by atoms with Gasteiger partial charge in [-0.1, -0.05) is 18.6 Å². The molecule has 1 aliphatic rings. The van der Waals surface area contributed by atoms with Gasteiger partial charge in [0.25, 0.3) is 0 Å². The first-order valence-corrected chi connectivity index (χ1v) is 7.59. The number of methoxy groups -OCH3 is 1. The third-order valence-electron chi connectivity index (χ3n) is 4.02. The lowest BCUT2D eigenvalue weighted by Gasteiger charge is -2.36. The molecule has 0 spiro atoms. The molecule has 0 bridgehead atoms. The number of halogens is 2. The molecule has 1 aromatic rings. The summed E-state index contributed by atoms with van der Waals surface area (Å²) >= 11 is 0. The standard InChI is InChI=1S/C16H24F2N2O/c1-21-10-8-19-11-14-6-2-3-9-20(14)12-13-5-4-7-15(17)16(13)18/h4-5,7,14,19H,2-3,6,8-12H2,1H3. The number of nitrogens with one attached hydrogen (secondary N) is 1. The molecule has 2 rings (SSSR count). The Kier molecular flexibility index (Phi) is 6.54.